The molecule has 1 heterocycles. The van der Waals surface area contributed by atoms with Gasteiger partial charge in [-0.1, -0.05) is 25.1 Å². The number of hydrogen-bond acceptors (Lipinski definition) is 4. The van der Waals surface area contributed by atoms with Crippen LogP contribution in [0.15, 0.2) is 30.3 Å². The molecule has 2 unspecified atom stereocenters. The van der Waals surface area contributed by atoms with Crippen molar-refractivity contribution in [1.82, 2.24) is 10.4 Å². The highest BCUT2D eigenvalue weighted by Crippen LogP contribution is 2.23. The average Bonchev–Trinajstić information content (AvgIpc) is 2.73. The van der Waals surface area contributed by atoms with Crippen molar-refractivity contribution in [3.05, 3.63) is 30.3 Å². The van der Waals surface area contributed by atoms with E-state index in [9.17, 15) is 9.59 Å². The molecule has 1 aliphatic rings. The van der Waals surface area contributed by atoms with Gasteiger partial charge in [-0.3, -0.25) is 15.1 Å². The molecular weight excluding hydrogens is 258 g/mol. The number of carbonyl (C=O) groups is 2. The van der Waals surface area contributed by atoms with Crippen molar-refractivity contribution in [3.63, 3.8) is 0 Å². The monoisotopic (exact) mass is 277 g/mol. The lowest BCUT2D eigenvalue weighted by atomic mass is 10.2. The van der Waals surface area contributed by atoms with Gasteiger partial charge in [-0.2, -0.15) is 5.01 Å². The van der Waals surface area contributed by atoms with Crippen LogP contribution in [0.3, 0.4) is 0 Å². The summed E-state index contributed by atoms with van der Waals surface area (Å²) in [5, 5.41) is 1.75. The smallest absolute Gasteiger partial charge is 0.337 e. The first-order valence-corrected chi connectivity index (χ1v) is 6.54. The van der Waals surface area contributed by atoms with Gasteiger partial charge in [-0.25, -0.2) is 4.79 Å². The lowest BCUT2D eigenvalue weighted by Crippen LogP contribution is -2.43. The fourth-order valence-electron chi connectivity index (χ4n) is 2.27. The number of anilines is 1. The van der Waals surface area contributed by atoms with Gasteiger partial charge in [0.15, 0.2) is 0 Å². The number of ether oxygens (including phenoxy) is 1. The minimum atomic E-state index is -0.307. The fraction of sp³-hybridized carbons (Fsp3) is 0.429. The van der Waals surface area contributed by atoms with Crippen molar-refractivity contribution >= 4 is 17.7 Å². The first kappa shape index (κ1) is 14.3. The molecule has 0 aromatic heterocycles. The van der Waals surface area contributed by atoms with Gasteiger partial charge in [0.2, 0.25) is 0 Å². The van der Waals surface area contributed by atoms with Crippen LogP contribution < -0.4 is 10.3 Å². The van der Waals surface area contributed by atoms with E-state index in [1.165, 1.54) is 7.11 Å². The molecule has 2 amide bonds. The summed E-state index contributed by atoms with van der Waals surface area (Å²) in [4.78, 5) is 25.2. The molecule has 6 nitrogen and oxygen atoms in total. The number of benzene rings is 1. The van der Waals surface area contributed by atoms with E-state index >= 15 is 0 Å². The zero-order valence-corrected chi connectivity index (χ0v) is 11.9. The summed E-state index contributed by atoms with van der Waals surface area (Å²) < 4.78 is 4.70. The van der Waals surface area contributed by atoms with Crippen molar-refractivity contribution in [2.24, 2.45) is 5.92 Å². The Morgan fingerprint density at radius 1 is 1.40 bits per heavy atom. The number of nitrogens with one attached hydrogen (secondary N) is 1. The molecule has 1 aromatic carbocycles. The Hall–Kier alpha value is -2.08. The lowest BCUT2D eigenvalue weighted by molar-refractivity contribution is -0.145. The van der Waals surface area contributed by atoms with Crippen LogP contribution in [0.2, 0.25) is 0 Å². The Balaban J connectivity index is 2.09. The molecule has 1 aliphatic heterocycles. The molecule has 6 heteroatoms. The van der Waals surface area contributed by atoms with E-state index in [0.717, 1.165) is 5.69 Å². The van der Waals surface area contributed by atoms with Gasteiger partial charge in [-0.05, 0) is 19.1 Å². The van der Waals surface area contributed by atoms with E-state index in [1.807, 2.05) is 37.3 Å². The van der Waals surface area contributed by atoms with E-state index in [0.29, 0.717) is 6.54 Å². The van der Waals surface area contributed by atoms with Crippen molar-refractivity contribution in [3.8, 4) is 0 Å². The summed E-state index contributed by atoms with van der Waals surface area (Å²) in [5.74, 6) is -0.594. The SMILES string of the molecule is COC(=O)C(C)CN1NC(=O)N(c2ccccc2)C1C. The summed E-state index contributed by atoms with van der Waals surface area (Å²) in [6, 6.07) is 9.23. The van der Waals surface area contributed by atoms with Gasteiger partial charge in [0.05, 0.1) is 13.0 Å². The highest BCUT2D eigenvalue weighted by molar-refractivity contribution is 5.94. The van der Waals surface area contributed by atoms with Gasteiger partial charge in [-0.15, -0.1) is 0 Å². The topological polar surface area (TPSA) is 61.9 Å². The zero-order valence-electron chi connectivity index (χ0n) is 11.9. The van der Waals surface area contributed by atoms with Crippen molar-refractivity contribution < 1.29 is 14.3 Å². The quantitative estimate of drug-likeness (QED) is 0.849. The summed E-state index contributed by atoms with van der Waals surface area (Å²) in [6.07, 6.45) is -0.169. The van der Waals surface area contributed by atoms with Crippen LogP contribution in [0.1, 0.15) is 13.8 Å². The first-order valence-electron chi connectivity index (χ1n) is 6.54. The number of rotatable bonds is 4. The number of hydrogen-bond donors (Lipinski definition) is 1. The molecule has 1 aromatic rings. The Kier molecular flexibility index (Phi) is 4.24. The molecule has 1 N–H and O–H groups in total. The van der Waals surface area contributed by atoms with Gasteiger partial charge in [0, 0.05) is 12.2 Å². The predicted molar refractivity (Wildman–Crippen MR) is 74.8 cm³/mol. The summed E-state index contributed by atoms with van der Waals surface area (Å²) >= 11 is 0. The molecule has 0 bridgehead atoms. The summed E-state index contributed by atoms with van der Waals surface area (Å²) in [6.45, 7) is 4.09. The summed E-state index contributed by atoms with van der Waals surface area (Å²) in [5.41, 5.74) is 3.60. The van der Waals surface area contributed by atoms with Crippen LogP contribution in [-0.2, 0) is 9.53 Å². The fourth-order valence-corrected chi connectivity index (χ4v) is 2.27. The van der Waals surface area contributed by atoms with Crippen molar-refractivity contribution in [2.75, 3.05) is 18.6 Å². The largest absolute Gasteiger partial charge is 0.469 e. The first-order chi connectivity index (χ1) is 9.54. The molecular formula is C14H19N3O3. The predicted octanol–water partition coefficient (Wildman–Crippen LogP) is 1.59. The number of para-hydroxylation sites is 1. The maximum atomic E-state index is 12.1. The van der Waals surface area contributed by atoms with E-state index in [4.69, 9.17) is 4.74 Å². The van der Waals surface area contributed by atoms with E-state index in [-0.39, 0.29) is 24.1 Å². The number of amides is 2. The second kappa shape index (κ2) is 5.92. The molecule has 0 aliphatic carbocycles. The zero-order chi connectivity index (χ0) is 14.7. The Morgan fingerprint density at radius 3 is 2.65 bits per heavy atom. The third-order valence-corrected chi connectivity index (χ3v) is 3.39. The number of nitrogens with zero attached hydrogens (tertiary/aromatic N) is 2. The Morgan fingerprint density at radius 2 is 2.05 bits per heavy atom. The van der Waals surface area contributed by atoms with Crippen LogP contribution >= 0.6 is 0 Å². The molecule has 20 heavy (non-hydrogen) atoms. The van der Waals surface area contributed by atoms with Crippen LogP contribution in [0.5, 0.6) is 0 Å². The van der Waals surface area contributed by atoms with Gasteiger partial charge < -0.3 is 4.74 Å². The molecule has 2 rings (SSSR count). The number of esters is 1. The molecule has 0 radical (unpaired) electrons. The van der Waals surface area contributed by atoms with Gasteiger partial charge in [0.25, 0.3) is 0 Å². The number of urea groups is 1. The maximum Gasteiger partial charge on any atom is 0.337 e. The number of hydrazine groups is 1. The third-order valence-electron chi connectivity index (χ3n) is 3.39. The molecule has 1 saturated heterocycles. The van der Waals surface area contributed by atoms with E-state index in [2.05, 4.69) is 5.43 Å². The Bertz CT molecular complexity index is 492. The molecule has 108 valence electrons. The van der Waals surface area contributed by atoms with E-state index < -0.39 is 0 Å². The molecule has 2 atom stereocenters. The van der Waals surface area contributed by atoms with Crippen LogP contribution in [0, 0.1) is 5.92 Å². The van der Waals surface area contributed by atoms with Gasteiger partial charge >= 0.3 is 12.0 Å². The van der Waals surface area contributed by atoms with Crippen LogP contribution in [0.25, 0.3) is 0 Å². The normalized spacial score (nSPS) is 20.6. The molecule has 0 saturated carbocycles. The van der Waals surface area contributed by atoms with Gasteiger partial charge in [0.1, 0.15) is 6.17 Å². The highest BCUT2D eigenvalue weighted by atomic mass is 16.5. The van der Waals surface area contributed by atoms with Crippen LogP contribution in [-0.4, -0.2) is 36.8 Å². The maximum absolute atomic E-state index is 12.1. The number of methoxy groups -OCH3 is 1. The standard InChI is InChI=1S/C14H19N3O3/c1-10(13(18)20-3)9-16-11(2)17(14(19)15-16)12-7-5-4-6-8-12/h4-8,10-11H,9H2,1-3H3,(H,15,19). The Labute approximate surface area is 118 Å². The molecule has 1 fully saturated rings. The third kappa shape index (κ3) is 2.75. The summed E-state index contributed by atoms with van der Waals surface area (Å²) in [7, 11) is 1.36. The minimum absolute atomic E-state index is 0.169. The average molecular weight is 277 g/mol. The minimum Gasteiger partial charge on any atom is -0.469 e. The van der Waals surface area contributed by atoms with Crippen LogP contribution in [0.4, 0.5) is 10.5 Å². The second-order valence-electron chi connectivity index (χ2n) is 4.83. The molecule has 0 spiro atoms. The second-order valence-corrected chi connectivity index (χ2v) is 4.83. The van der Waals surface area contributed by atoms with E-state index in [1.54, 1.807) is 16.8 Å². The van der Waals surface area contributed by atoms with Crippen molar-refractivity contribution in [2.45, 2.75) is 20.0 Å². The highest BCUT2D eigenvalue weighted by Gasteiger charge is 2.36. The van der Waals surface area contributed by atoms with Crippen molar-refractivity contribution in [1.29, 1.82) is 0 Å². The lowest BCUT2D eigenvalue weighted by Gasteiger charge is -2.26. The number of carbonyl (C=O) groups excluding carboxylic acids is 2.